The van der Waals surface area contributed by atoms with Gasteiger partial charge in [-0.1, -0.05) is 0 Å². The summed E-state index contributed by atoms with van der Waals surface area (Å²) in [6.07, 6.45) is 1.54. The van der Waals surface area contributed by atoms with Crippen molar-refractivity contribution < 1.29 is 4.79 Å². The van der Waals surface area contributed by atoms with Crippen LogP contribution < -0.4 is 16.4 Å². The Morgan fingerprint density at radius 3 is 2.52 bits per heavy atom. The number of rotatable bonds is 4. The van der Waals surface area contributed by atoms with Crippen molar-refractivity contribution in [2.45, 2.75) is 0 Å². The zero-order chi connectivity index (χ0) is 14.8. The average molecular weight is 379 g/mol. The van der Waals surface area contributed by atoms with Gasteiger partial charge in [0.1, 0.15) is 12.1 Å². The summed E-state index contributed by atoms with van der Waals surface area (Å²) in [6.45, 7) is 5.35. The number of carbonyl (C=O) groups is 1. The topological polar surface area (TPSA) is 101 Å². The molecular formula is C13H20Cl2N6OS. The van der Waals surface area contributed by atoms with Crippen LogP contribution in [0.15, 0.2) is 12.4 Å². The van der Waals surface area contributed by atoms with Crippen LogP contribution in [-0.4, -0.2) is 60.0 Å². The molecule has 1 aliphatic heterocycles. The van der Waals surface area contributed by atoms with E-state index in [-0.39, 0.29) is 24.8 Å². The number of hydrogen-bond acceptors (Lipinski definition) is 7. The van der Waals surface area contributed by atoms with Gasteiger partial charge in [-0.15, -0.1) is 36.2 Å². The molecular weight excluding hydrogens is 359 g/mol. The maximum absolute atomic E-state index is 11.3. The smallest absolute Gasteiger partial charge is 0.258 e. The third-order valence-electron chi connectivity index (χ3n) is 3.65. The van der Waals surface area contributed by atoms with E-state index in [0.29, 0.717) is 11.4 Å². The molecule has 0 unspecified atom stereocenters. The maximum Gasteiger partial charge on any atom is 0.258 e. The van der Waals surface area contributed by atoms with Gasteiger partial charge in [-0.3, -0.25) is 9.69 Å². The van der Waals surface area contributed by atoms with E-state index in [1.165, 1.54) is 11.3 Å². The van der Waals surface area contributed by atoms with E-state index < -0.39 is 5.91 Å². The Kier molecular flexibility index (Phi) is 7.43. The molecule has 1 aliphatic rings. The van der Waals surface area contributed by atoms with Crippen LogP contribution in [0, 0.1) is 0 Å². The van der Waals surface area contributed by atoms with Crippen LogP contribution in [-0.2, 0) is 0 Å². The predicted molar refractivity (Wildman–Crippen MR) is 98.1 cm³/mol. The van der Waals surface area contributed by atoms with Gasteiger partial charge in [-0.25, -0.2) is 9.97 Å². The minimum absolute atomic E-state index is 0. The van der Waals surface area contributed by atoms with Gasteiger partial charge in [-0.05, 0) is 6.07 Å². The van der Waals surface area contributed by atoms with E-state index in [4.69, 9.17) is 11.5 Å². The van der Waals surface area contributed by atoms with Crippen LogP contribution in [0.4, 0.5) is 5.82 Å². The van der Waals surface area contributed by atoms with E-state index in [1.54, 1.807) is 12.4 Å². The number of amides is 1. The van der Waals surface area contributed by atoms with Crippen LogP contribution in [0.5, 0.6) is 0 Å². The number of hydrogen-bond donors (Lipinski definition) is 2. The molecule has 0 aliphatic carbocycles. The molecule has 0 bridgehead atoms. The van der Waals surface area contributed by atoms with Crippen LogP contribution >= 0.6 is 36.2 Å². The first-order valence-corrected chi connectivity index (χ1v) is 7.72. The second kappa shape index (κ2) is 8.60. The van der Waals surface area contributed by atoms with Crippen molar-refractivity contribution in [1.82, 2.24) is 14.9 Å². The molecule has 0 radical (unpaired) electrons. The molecule has 0 saturated carbocycles. The van der Waals surface area contributed by atoms with Crippen LogP contribution in [0.1, 0.15) is 9.67 Å². The van der Waals surface area contributed by atoms with Crippen molar-refractivity contribution in [3.05, 3.63) is 17.3 Å². The number of halogens is 2. The van der Waals surface area contributed by atoms with Crippen molar-refractivity contribution >= 4 is 58.1 Å². The number of piperazine rings is 1. The van der Waals surface area contributed by atoms with Crippen molar-refractivity contribution in [2.75, 3.05) is 44.2 Å². The molecule has 3 heterocycles. The van der Waals surface area contributed by atoms with Crippen molar-refractivity contribution in [2.24, 2.45) is 11.5 Å². The summed E-state index contributed by atoms with van der Waals surface area (Å²) >= 11 is 1.36. The molecule has 23 heavy (non-hydrogen) atoms. The molecule has 7 nitrogen and oxygen atoms in total. The largest absolute Gasteiger partial charge is 0.365 e. The van der Waals surface area contributed by atoms with Crippen LogP contribution in [0.3, 0.4) is 0 Å². The SMILES string of the molecule is Cl.Cl.NCCN1CCN(c2ncnc3cc(C(N)=O)sc23)CC1. The quantitative estimate of drug-likeness (QED) is 0.812. The van der Waals surface area contributed by atoms with Gasteiger partial charge in [0, 0.05) is 39.3 Å². The zero-order valence-electron chi connectivity index (χ0n) is 12.5. The van der Waals surface area contributed by atoms with Crippen molar-refractivity contribution in [3.8, 4) is 0 Å². The lowest BCUT2D eigenvalue weighted by Gasteiger charge is -2.35. The van der Waals surface area contributed by atoms with Gasteiger partial charge < -0.3 is 16.4 Å². The highest BCUT2D eigenvalue weighted by molar-refractivity contribution is 7.21. The fraction of sp³-hybridized carbons (Fsp3) is 0.462. The predicted octanol–water partition coefficient (Wildman–Crippen LogP) is 0.715. The van der Waals surface area contributed by atoms with E-state index >= 15 is 0 Å². The first kappa shape index (κ1) is 19.9. The molecule has 128 valence electrons. The molecule has 3 rings (SSSR count). The highest BCUT2D eigenvalue weighted by Crippen LogP contribution is 2.31. The second-order valence-electron chi connectivity index (χ2n) is 5.00. The highest BCUT2D eigenvalue weighted by Gasteiger charge is 2.21. The number of nitrogens with two attached hydrogens (primary N) is 2. The maximum atomic E-state index is 11.3. The number of anilines is 1. The lowest BCUT2D eigenvalue weighted by atomic mass is 10.3. The molecule has 2 aromatic heterocycles. The Balaban J connectivity index is 0.00000132. The third kappa shape index (κ3) is 4.21. The monoisotopic (exact) mass is 378 g/mol. The molecule has 1 amide bonds. The number of carbonyl (C=O) groups excluding carboxylic acids is 1. The number of fused-ring (bicyclic) bond motifs is 1. The molecule has 2 aromatic rings. The van der Waals surface area contributed by atoms with Gasteiger partial charge in [0.15, 0.2) is 0 Å². The summed E-state index contributed by atoms with van der Waals surface area (Å²) in [5.41, 5.74) is 11.7. The minimum atomic E-state index is -0.420. The Bertz CT molecular complexity index is 659. The highest BCUT2D eigenvalue weighted by atomic mass is 35.5. The lowest BCUT2D eigenvalue weighted by Crippen LogP contribution is -2.48. The summed E-state index contributed by atoms with van der Waals surface area (Å²) in [7, 11) is 0. The second-order valence-corrected chi connectivity index (χ2v) is 6.06. The Labute approximate surface area is 150 Å². The molecule has 1 fully saturated rings. The number of primary amides is 1. The van der Waals surface area contributed by atoms with Crippen LogP contribution in [0.2, 0.25) is 0 Å². The van der Waals surface area contributed by atoms with Gasteiger partial charge in [0.2, 0.25) is 0 Å². The van der Waals surface area contributed by atoms with Gasteiger partial charge in [-0.2, -0.15) is 0 Å². The van der Waals surface area contributed by atoms with Gasteiger partial charge >= 0.3 is 0 Å². The standard InChI is InChI=1S/C13H18N6OS.2ClH/c14-1-2-18-3-5-19(6-4-18)13-11-9(16-8-17-13)7-10(21-11)12(15)20;;/h7-8H,1-6,14H2,(H2,15,20);2*1H. The van der Waals surface area contributed by atoms with E-state index in [1.807, 2.05) is 0 Å². The number of thiophene rings is 1. The van der Waals surface area contributed by atoms with Crippen molar-refractivity contribution in [3.63, 3.8) is 0 Å². The Morgan fingerprint density at radius 1 is 1.22 bits per heavy atom. The minimum Gasteiger partial charge on any atom is -0.365 e. The first-order valence-electron chi connectivity index (χ1n) is 6.91. The summed E-state index contributed by atoms with van der Waals surface area (Å²) in [4.78, 5) is 25.1. The van der Waals surface area contributed by atoms with E-state index in [9.17, 15) is 4.79 Å². The molecule has 4 N–H and O–H groups in total. The van der Waals surface area contributed by atoms with Crippen molar-refractivity contribution in [1.29, 1.82) is 0 Å². The summed E-state index contributed by atoms with van der Waals surface area (Å²) in [5.74, 6) is 0.474. The normalized spacial score (nSPS) is 15.1. The average Bonchev–Trinajstić information content (AvgIpc) is 2.93. The molecule has 0 aromatic carbocycles. The fourth-order valence-electron chi connectivity index (χ4n) is 2.55. The Hall–Kier alpha value is -1.19. The Morgan fingerprint density at radius 2 is 1.91 bits per heavy atom. The van der Waals surface area contributed by atoms with Gasteiger partial charge in [0.25, 0.3) is 5.91 Å². The third-order valence-corrected chi connectivity index (χ3v) is 4.79. The van der Waals surface area contributed by atoms with E-state index in [2.05, 4.69) is 19.8 Å². The van der Waals surface area contributed by atoms with Gasteiger partial charge in [0.05, 0.1) is 15.1 Å². The zero-order valence-corrected chi connectivity index (χ0v) is 14.9. The van der Waals surface area contributed by atoms with E-state index in [0.717, 1.165) is 48.8 Å². The first-order chi connectivity index (χ1) is 10.2. The molecule has 10 heteroatoms. The summed E-state index contributed by atoms with van der Waals surface area (Å²) in [5, 5.41) is 0. The number of aromatic nitrogens is 2. The summed E-state index contributed by atoms with van der Waals surface area (Å²) < 4.78 is 0.929. The number of nitrogens with zero attached hydrogens (tertiary/aromatic N) is 4. The summed E-state index contributed by atoms with van der Waals surface area (Å²) in [6, 6.07) is 1.73. The molecule has 1 saturated heterocycles. The van der Waals surface area contributed by atoms with Crippen LogP contribution in [0.25, 0.3) is 10.2 Å². The lowest BCUT2D eigenvalue weighted by molar-refractivity contribution is 0.100. The molecule has 0 atom stereocenters. The fourth-order valence-corrected chi connectivity index (χ4v) is 3.53. The molecule has 0 spiro atoms.